The smallest absolute Gasteiger partial charge is 0.251 e. The van der Waals surface area contributed by atoms with Gasteiger partial charge in [-0.25, -0.2) is 9.98 Å². The number of aliphatic imine (C=N–C) groups is 1. The molecule has 2 aliphatic heterocycles. The van der Waals surface area contributed by atoms with Crippen molar-refractivity contribution >= 4 is 51.4 Å². The maximum atomic E-state index is 12.5. The van der Waals surface area contributed by atoms with E-state index in [4.69, 9.17) is 20.1 Å². The van der Waals surface area contributed by atoms with Crippen molar-refractivity contribution in [1.82, 2.24) is 15.3 Å². The standard InChI is InChI=1S/C24H27N7O3S/c1-15(32)13-26-23(33)17-4-2-3-16(11-17)19-12-18-21(35-19)22(30-7-9-34-10-8-30)29-24(28-18)31-6-5-20(25)27-14-31/h2-4,11-12,14-15,25,32H,5-10,13H2,1H3,(H,26,33)/t15-/m0/s1. The van der Waals surface area contributed by atoms with Gasteiger partial charge in [-0.2, -0.15) is 4.98 Å². The number of nitrogens with zero attached hydrogens (tertiary/aromatic N) is 5. The van der Waals surface area contributed by atoms with E-state index in [0.717, 1.165) is 39.6 Å². The summed E-state index contributed by atoms with van der Waals surface area (Å²) in [5.41, 5.74) is 2.28. The second kappa shape index (κ2) is 10.1. The minimum atomic E-state index is -0.605. The number of nitrogens with one attached hydrogen (secondary N) is 2. The van der Waals surface area contributed by atoms with E-state index in [1.807, 2.05) is 29.2 Å². The van der Waals surface area contributed by atoms with Gasteiger partial charge in [-0.15, -0.1) is 11.3 Å². The van der Waals surface area contributed by atoms with Crippen LogP contribution in [0, 0.1) is 5.41 Å². The molecule has 1 saturated heterocycles. The fourth-order valence-electron chi connectivity index (χ4n) is 3.96. The molecule has 35 heavy (non-hydrogen) atoms. The topological polar surface area (TPSA) is 127 Å². The van der Waals surface area contributed by atoms with Crippen LogP contribution in [0.5, 0.6) is 0 Å². The number of hydrogen-bond donors (Lipinski definition) is 3. The van der Waals surface area contributed by atoms with Crippen LogP contribution in [-0.2, 0) is 4.74 Å². The molecular formula is C24H27N7O3S. The van der Waals surface area contributed by atoms with Gasteiger partial charge in [-0.1, -0.05) is 12.1 Å². The van der Waals surface area contributed by atoms with Crippen molar-refractivity contribution in [2.75, 3.05) is 49.2 Å². The summed E-state index contributed by atoms with van der Waals surface area (Å²) in [6, 6.07) is 9.48. The predicted molar refractivity (Wildman–Crippen MR) is 138 cm³/mol. The minimum absolute atomic E-state index is 0.201. The van der Waals surface area contributed by atoms with Crippen molar-refractivity contribution in [1.29, 1.82) is 5.41 Å². The Hall–Kier alpha value is -3.41. The number of anilines is 2. The highest BCUT2D eigenvalue weighted by molar-refractivity contribution is 7.22. The maximum Gasteiger partial charge on any atom is 0.251 e. The summed E-state index contributed by atoms with van der Waals surface area (Å²) in [5.74, 6) is 1.56. The summed E-state index contributed by atoms with van der Waals surface area (Å²) in [4.78, 5) is 31.5. The Balaban J connectivity index is 1.53. The summed E-state index contributed by atoms with van der Waals surface area (Å²) in [7, 11) is 0. The number of morpholine rings is 1. The predicted octanol–water partition coefficient (Wildman–Crippen LogP) is 2.52. The highest BCUT2D eigenvalue weighted by atomic mass is 32.1. The van der Waals surface area contributed by atoms with Crippen molar-refractivity contribution in [2.24, 2.45) is 4.99 Å². The quantitative estimate of drug-likeness (QED) is 0.482. The minimum Gasteiger partial charge on any atom is -0.392 e. The first-order valence-corrected chi connectivity index (χ1v) is 12.4. The van der Waals surface area contributed by atoms with Crippen LogP contribution in [0.1, 0.15) is 23.7 Å². The zero-order valence-electron chi connectivity index (χ0n) is 19.4. The lowest BCUT2D eigenvalue weighted by molar-refractivity contribution is 0.0924. The summed E-state index contributed by atoms with van der Waals surface area (Å²) < 4.78 is 6.53. The molecule has 1 atom stereocenters. The van der Waals surface area contributed by atoms with Crippen molar-refractivity contribution in [2.45, 2.75) is 19.4 Å². The zero-order valence-corrected chi connectivity index (χ0v) is 20.2. The highest BCUT2D eigenvalue weighted by Crippen LogP contribution is 2.39. The van der Waals surface area contributed by atoms with Crippen LogP contribution in [0.25, 0.3) is 20.7 Å². The number of ether oxygens (including phenoxy) is 1. The van der Waals surface area contributed by atoms with Crippen LogP contribution in [0.4, 0.5) is 11.8 Å². The van der Waals surface area contributed by atoms with Crippen LogP contribution >= 0.6 is 11.3 Å². The van der Waals surface area contributed by atoms with Gasteiger partial charge >= 0.3 is 0 Å². The van der Waals surface area contributed by atoms with E-state index in [1.54, 1.807) is 30.7 Å². The fraction of sp³-hybridized carbons (Fsp3) is 0.375. The Morgan fingerprint density at radius 2 is 2.09 bits per heavy atom. The molecule has 0 unspecified atom stereocenters. The second-order valence-electron chi connectivity index (χ2n) is 8.55. The molecule has 2 aromatic heterocycles. The molecule has 5 rings (SSSR count). The summed E-state index contributed by atoms with van der Waals surface area (Å²) >= 11 is 1.60. The maximum absolute atomic E-state index is 12.5. The highest BCUT2D eigenvalue weighted by Gasteiger charge is 2.23. The molecular weight excluding hydrogens is 466 g/mol. The van der Waals surface area contributed by atoms with Crippen LogP contribution in [0.3, 0.4) is 0 Å². The number of fused-ring (bicyclic) bond motifs is 1. The van der Waals surface area contributed by atoms with E-state index in [1.165, 1.54) is 0 Å². The molecule has 0 bridgehead atoms. The lowest BCUT2D eigenvalue weighted by atomic mass is 10.1. The Bertz CT molecular complexity index is 1280. The molecule has 3 aromatic rings. The first-order valence-electron chi connectivity index (χ1n) is 11.6. The number of carbonyl (C=O) groups excluding carboxylic acids is 1. The number of thiophene rings is 1. The molecule has 182 valence electrons. The average molecular weight is 494 g/mol. The molecule has 1 amide bonds. The third-order valence-electron chi connectivity index (χ3n) is 5.82. The van der Waals surface area contributed by atoms with Gasteiger partial charge in [0, 0.05) is 43.0 Å². The monoisotopic (exact) mass is 493 g/mol. The van der Waals surface area contributed by atoms with Gasteiger partial charge in [-0.05, 0) is 30.7 Å². The molecule has 0 spiro atoms. The second-order valence-corrected chi connectivity index (χ2v) is 9.60. The third kappa shape index (κ3) is 5.16. The first-order chi connectivity index (χ1) is 17.0. The number of amides is 1. The van der Waals surface area contributed by atoms with E-state index >= 15 is 0 Å². The largest absolute Gasteiger partial charge is 0.392 e. The van der Waals surface area contributed by atoms with E-state index < -0.39 is 6.10 Å². The number of rotatable bonds is 6. The van der Waals surface area contributed by atoms with E-state index in [-0.39, 0.29) is 12.5 Å². The molecule has 0 aliphatic carbocycles. The molecule has 4 heterocycles. The van der Waals surface area contributed by atoms with Gasteiger partial charge in [-0.3, -0.25) is 10.2 Å². The summed E-state index contributed by atoms with van der Waals surface area (Å²) in [6.07, 6.45) is 1.56. The van der Waals surface area contributed by atoms with Gasteiger partial charge in [0.25, 0.3) is 5.91 Å². The Kier molecular flexibility index (Phi) is 6.71. The van der Waals surface area contributed by atoms with E-state index in [2.05, 4.69) is 15.2 Å². The third-order valence-corrected chi connectivity index (χ3v) is 6.99. The Morgan fingerprint density at radius 1 is 1.26 bits per heavy atom. The number of hydrogen-bond acceptors (Lipinski definition) is 9. The lowest BCUT2D eigenvalue weighted by Gasteiger charge is -2.29. The van der Waals surface area contributed by atoms with Gasteiger partial charge in [0.1, 0.15) is 5.84 Å². The van der Waals surface area contributed by atoms with Gasteiger partial charge in [0.05, 0.1) is 35.9 Å². The number of benzene rings is 1. The van der Waals surface area contributed by atoms with Crippen molar-refractivity contribution in [3.05, 3.63) is 35.9 Å². The molecule has 11 heteroatoms. The molecule has 0 radical (unpaired) electrons. The lowest BCUT2D eigenvalue weighted by Crippen LogP contribution is -2.37. The van der Waals surface area contributed by atoms with E-state index in [0.29, 0.717) is 43.5 Å². The van der Waals surface area contributed by atoms with Crippen LogP contribution in [0.15, 0.2) is 35.3 Å². The zero-order chi connectivity index (χ0) is 24.4. The average Bonchev–Trinajstić information content (AvgIpc) is 3.32. The Morgan fingerprint density at radius 3 is 2.83 bits per heavy atom. The van der Waals surface area contributed by atoms with E-state index in [9.17, 15) is 9.90 Å². The first kappa shape index (κ1) is 23.3. The van der Waals surface area contributed by atoms with Crippen molar-refractivity contribution in [3.63, 3.8) is 0 Å². The number of amidine groups is 1. The van der Waals surface area contributed by atoms with Crippen LogP contribution in [-0.4, -0.2) is 78.7 Å². The van der Waals surface area contributed by atoms with Crippen LogP contribution < -0.4 is 15.1 Å². The van der Waals surface area contributed by atoms with Gasteiger partial charge < -0.3 is 25.0 Å². The molecule has 2 aliphatic rings. The normalized spacial score (nSPS) is 17.1. The number of carbonyl (C=O) groups is 1. The molecule has 1 aromatic carbocycles. The molecule has 3 N–H and O–H groups in total. The Labute approximate surface area is 206 Å². The van der Waals surface area contributed by atoms with Crippen molar-refractivity contribution < 1.29 is 14.6 Å². The molecule has 10 nitrogen and oxygen atoms in total. The molecule has 1 fully saturated rings. The van der Waals surface area contributed by atoms with Gasteiger partial charge in [0.15, 0.2) is 5.82 Å². The summed E-state index contributed by atoms with van der Waals surface area (Å²) in [6.45, 7) is 5.22. The number of aromatic nitrogens is 2. The van der Waals surface area contributed by atoms with Crippen molar-refractivity contribution in [3.8, 4) is 10.4 Å². The number of aliphatic hydroxyl groups is 1. The SMILES string of the molecule is C[C@H](O)CNC(=O)c1cccc(-c2cc3nc(N4C=NC(=N)CC4)nc(N4CCOCC4)c3s2)c1. The molecule has 0 saturated carbocycles. The number of aliphatic hydroxyl groups excluding tert-OH is 1. The van der Waals surface area contributed by atoms with Gasteiger partial charge in [0.2, 0.25) is 5.95 Å². The van der Waals surface area contributed by atoms with Crippen LogP contribution in [0.2, 0.25) is 0 Å². The fourth-order valence-corrected chi connectivity index (χ4v) is 5.07. The summed E-state index contributed by atoms with van der Waals surface area (Å²) in [5, 5.41) is 19.9.